The average Bonchev–Trinajstić information content (AvgIpc) is 3.09. The largest absolute Gasteiger partial charge is 0.444 e. The first-order chi connectivity index (χ1) is 12.8. The van der Waals surface area contributed by atoms with Gasteiger partial charge in [-0.1, -0.05) is 41.7 Å². The monoisotopic (exact) mass is 388 g/mol. The zero-order valence-electron chi connectivity index (χ0n) is 15.8. The van der Waals surface area contributed by atoms with Crippen LogP contribution in [-0.2, 0) is 9.53 Å². The first-order valence-corrected chi connectivity index (χ1v) is 9.81. The second-order valence-electron chi connectivity index (χ2n) is 7.53. The molecule has 1 aliphatic rings. The minimum Gasteiger partial charge on any atom is -0.444 e. The maximum absolute atomic E-state index is 12.6. The van der Waals surface area contributed by atoms with Gasteiger partial charge in [0.15, 0.2) is 0 Å². The van der Waals surface area contributed by atoms with Gasteiger partial charge in [-0.2, -0.15) is 0 Å². The molecule has 1 N–H and O–H groups in total. The van der Waals surface area contributed by atoms with Gasteiger partial charge >= 0.3 is 6.09 Å². The Morgan fingerprint density at radius 1 is 1.22 bits per heavy atom. The fourth-order valence-electron chi connectivity index (χ4n) is 2.86. The molecule has 1 saturated heterocycles. The molecule has 7 nitrogen and oxygen atoms in total. The predicted octanol–water partition coefficient (Wildman–Crippen LogP) is 3.79. The normalized spacial score (nSPS) is 17.4. The van der Waals surface area contributed by atoms with E-state index in [4.69, 9.17) is 4.74 Å². The number of carbonyl (C=O) groups excluding carboxylic acids is 2. The summed E-state index contributed by atoms with van der Waals surface area (Å²) in [5.74, 6) is -0.422. The summed E-state index contributed by atoms with van der Waals surface area (Å²) < 4.78 is 5.41. The van der Waals surface area contributed by atoms with E-state index in [1.165, 1.54) is 11.3 Å². The Kier molecular flexibility index (Phi) is 5.74. The molecule has 1 aromatic carbocycles. The van der Waals surface area contributed by atoms with Gasteiger partial charge in [0.25, 0.3) is 0 Å². The number of hydrogen-bond acceptors (Lipinski definition) is 6. The van der Waals surface area contributed by atoms with E-state index >= 15 is 0 Å². The third-order valence-corrected chi connectivity index (χ3v) is 5.01. The van der Waals surface area contributed by atoms with Gasteiger partial charge in [-0.05, 0) is 33.6 Å². The highest BCUT2D eigenvalue weighted by Crippen LogP contribution is 2.27. The number of rotatable bonds is 3. The highest BCUT2D eigenvalue weighted by atomic mass is 32.1. The van der Waals surface area contributed by atoms with Gasteiger partial charge in [0.2, 0.25) is 11.0 Å². The van der Waals surface area contributed by atoms with Crippen LogP contribution in [0.3, 0.4) is 0 Å². The molecule has 27 heavy (non-hydrogen) atoms. The molecule has 8 heteroatoms. The highest BCUT2D eigenvalue weighted by molar-refractivity contribution is 7.18. The fraction of sp³-hybridized carbons (Fsp3) is 0.474. The highest BCUT2D eigenvalue weighted by Gasteiger charge is 2.31. The van der Waals surface area contributed by atoms with Crippen molar-refractivity contribution in [2.45, 2.75) is 39.2 Å². The summed E-state index contributed by atoms with van der Waals surface area (Å²) in [5, 5.41) is 12.3. The van der Waals surface area contributed by atoms with Crippen molar-refractivity contribution in [2.24, 2.45) is 5.92 Å². The molecule has 2 aromatic rings. The van der Waals surface area contributed by atoms with Crippen LogP contribution >= 0.6 is 11.3 Å². The summed E-state index contributed by atoms with van der Waals surface area (Å²) in [6.45, 7) is 6.46. The lowest BCUT2D eigenvalue weighted by atomic mass is 9.97. The van der Waals surface area contributed by atoms with E-state index in [9.17, 15) is 9.59 Å². The lowest BCUT2D eigenvalue weighted by Crippen LogP contribution is -2.45. The Morgan fingerprint density at radius 3 is 2.67 bits per heavy atom. The van der Waals surface area contributed by atoms with E-state index < -0.39 is 5.60 Å². The van der Waals surface area contributed by atoms with Crippen LogP contribution in [0.15, 0.2) is 30.3 Å². The Hall–Kier alpha value is -2.48. The van der Waals surface area contributed by atoms with Crippen molar-refractivity contribution in [1.29, 1.82) is 0 Å². The molecule has 0 spiro atoms. The average molecular weight is 388 g/mol. The number of nitrogens with zero attached hydrogens (tertiary/aromatic N) is 3. The van der Waals surface area contributed by atoms with Crippen LogP contribution in [-0.4, -0.2) is 45.8 Å². The first-order valence-electron chi connectivity index (χ1n) is 8.99. The molecule has 3 rings (SSSR count). The van der Waals surface area contributed by atoms with Crippen molar-refractivity contribution >= 4 is 28.5 Å². The Labute approximate surface area is 162 Å². The number of nitrogens with one attached hydrogen (secondary N) is 1. The molecule has 2 heterocycles. The van der Waals surface area contributed by atoms with Crippen LogP contribution in [0.5, 0.6) is 0 Å². The van der Waals surface area contributed by atoms with Gasteiger partial charge in [-0.25, -0.2) is 4.79 Å². The molecular weight excluding hydrogens is 364 g/mol. The maximum Gasteiger partial charge on any atom is 0.410 e. The topological polar surface area (TPSA) is 84.4 Å². The minimum absolute atomic E-state index is 0.140. The predicted molar refractivity (Wildman–Crippen MR) is 105 cm³/mol. The van der Waals surface area contributed by atoms with Crippen molar-refractivity contribution < 1.29 is 14.3 Å². The van der Waals surface area contributed by atoms with Crippen LogP contribution in [0.25, 0.3) is 10.6 Å². The zero-order chi connectivity index (χ0) is 19.4. The van der Waals surface area contributed by atoms with E-state index in [0.717, 1.165) is 23.4 Å². The van der Waals surface area contributed by atoms with Gasteiger partial charge in [0.1, 0.15) is 10.6 Å². The summed E-state index contributed by atoms with van der Waals surface area (Å²) in [4.78, 5) is 26.5. The molecular formula is C19H24N4O3S. The molecule has 0 saturated carbocycles. The summed E-state index contributed by atoms with van der Waals surface area (Å²) in [5.41, 5.74) is 0.413. The van der Waals surface area contributed by atoms with Crippen molar-refractivity contribution in [2.75, 3.05) is 18.4 Å². The summed E-state index contributed by atoms with van der Waals surface area (Å²) in [6, 6.07) is 9.70. The summed E-state index contributed by atoms with van der Waals surface area (Å²) in [6.07, 6.45) is 1.13. The number of hydrogen-bond donors (Lipinski definition) is 1. The van der Waals surface area contributed by atoms with E-state index in [-0.39, 0.29) is 17.9 Å². The standard InChI is InChI=1S/C19H24N4O3S/c1-19(2,3)26-18(25)23-11-7-10-14(12-23)15(24)20-17-22-21-16(27-17)13-8-5-4-6-9-13/h4-6,8-9,14H,7,10-12H2,1-3H3,(H,20,22,24). The number of piperidine rings is 1. The summed E-state index contributed by atoms with van der Waals surface area (Å²) in [7, 11) is 0. The van der Waals surface area contributed by atoms with Gasteiger partial charge in [-0.15, -0.1) is 10.2 Å². The Balaban J connectivity index is 1.59. The van der Waals surface area contributed by atoms with Gasteiger partial charge in [0.05, 0.1) is 5.92 Å². The number of aromatic nitrogens is 2. The Morgan fingerprint density at radius 2 is 1.96 bits per heavy atom. The van der Waals surface area contributed by atoms with Gasteiger partial charge < -0.3 is 15.0 Å². The number of amides is 2. The number of carbonyl (C=O) groups is 2. The third-order valence-electron chi connectivity index (χ3n) is 4.12. The van der Waals surface area contributed by atoms with Crippen molar-refractivity contribution in [3.05, 3.63) is 30.3 Å². The van der Waals surface area contributed by atoms with Crippen LogP contribution in [0.1, 0.15) is 33.6 Å². The summed E-state index contributed by atoms with van der Waals surface area (Å²) >= 11 is 1.33. The second-order valence-corrected chi connectivity index (χ2v) is 8.51. The first kappa shape index (κ1) is 19.3. The van der Waals surface area contributed by atoms with Crippen molar-refractivity contribution in [1.82, 2.24) is 15.1 Å². The molecule has 1 aromatic heterocycles. The number of benzene rings is 1. The molecule has 0 bridgehead atoms. The molecule has 0 radical (unpaired) electrons. The molecule has 1 fully saturated rings. The zero-order valence-corrected chi connectivity index (χ0v) is 16.6. The van der Waals surface area contributed by atoms with Crippen LogP contribution in [0.4, 0.5) is 9.93 Å². The number of likely N-dealkylation sites (tertiary alicyclic amines) is 1. The Bertz CT molecular complexity index is 801. The number of anilines is 1. The molecule has 1 atom stereocenters. The minimum atomic E-state index is -0.549. The van der Waals surface area contributed by atoms with Crippen LogP contribution < -0.4 is 5.32 Å². The van der Waals surface area contributed by atoms with E-state index in [0.29, 0.717) is 18.2 Å². The van der Waals surface area contributed by atoms with E-state index in [1.807, 2.05) is 51.1 Å². The second kappa shape index (κ2) is 8.04. The third kappa shape index (κ3) is 5.26. The molecule has 1 aliphatic heterocycles. The van der Waals surface area contributed by atoms with Crippen LogP contribution in [0, 0.1) is 5.92 Å². The van der Waals surface area contributed by atoms with Crippen LogP contribution in [0.2, 0.25) is 0 Å². The quantitative estimate of drug-likeness (QED) is 0.865. The lowest BCUT2D eigenvalue weighted by Gasteiger charge is -2.33. The SMILES string of the molecule is CC(C)(C)OC(=O)N1CCCC(C(=O)Nc2nnc(-c3ccccc3)s2)C1. The van der Waals surface area contributed by atoms with E-state index in [1.54, 1.807) is 4.90 Å². The van der Waals surface area contributed by atoms with Crippen molar-refractivity contribution in [3.8, 4) is 10.6 Å². The molecule has 0 aliphatic carbocycles. The van der Waals surface area contributed by atoms with Crippen molar-refractivity contribution in [3.63, 3.8) is 0 Å². The molecule has 2 amide bonds. The van der Waals surface area contributed by atoms with Gasteiger partial charge in [-0.3, -0.25) is 4.79 Å². The number of ether oxygens (including phenoxy) is 1. The van der Waals surface area contributed by atoms with E-state index in [2.05, 4.69) is 15.5 Å². The smallest absolute Gasteiger partial charge is 0.410 e. The molecule has 1 unspecified atom stereocenters. The maximum atomic E-state index is 12.6. The lowest BCUT2D eigenvalue weighted by molar-refractivity contribution is -0.121. The molecule has 144 valence electrons. The van der Waals surface area contributed by atoms with Gasteiger partial charge in [0, 0.05) is 18.7 Å². The fourth-order valence-corrected chi connectivity index (χ4v) is 3.61.